The van der Waals surface area contributed by atoms with E-state index in [1.165, 1.54) is 0 Å². The maximum atomic E-state index is 11.1. The van der Waals surface area contributed by atoms with Crippen molar-refractivity contribution in [2.75, 3.05) is 5.32 Å². The zero-order valence-electron chi connectivity index (χ0n) is 9.27. The van der Waals surface area contributed by atoms with Crippen molar-refractivity contribution >= 4 is 11.7 Å². The second-order valence-electron chi connectivity index (χ2n) is 3.97. The van der Waals surface area contributed by atoms with Gasteiger partial charge in [-0.15, -0.1) is 0 Å². The second-order valence-corrected chi connectivity index (χ2v) is 3.97. The third-order valence-electron chi connectivity index (χ3n) is 2.93. The first-order chi connectivity index (χ1) is 8.18. The van der Waals surface area contributed by atoms with E-state index in [2.05, 4.69) is 10.3 Å². The van der Waals surface area contributed by atoms with Crippen molar-refractivity contribution in [2.45, 2.75) is 13.5 Å². The highest BCUT2D eigenvalue weighted by molar-refractivity contribution is 5.88. The van der Waals surface area contributed by atoms with Crippen LogP contribution in [0.3, 0.4) is 0 Å². The molecule has 86 valence electrons. The Bertz CT molecular complexity index is 616. The van der Waals surface area contributed by atoms with E-state index in [4.69, 9.17) is 5.11 Å². The number of aryl methyl sites for hydroxylation is 1. The Balaban J connectivity index is 2.30. The van der Waals surface area contributed by atoms with E-state index < -0.39 is 5.97 Å². The lowest BCUT2D eigenvalue weighted by atomic mass is 10.2. The van der Waals surface area contributed by atoms with Crippen LogP contribution in [0, 0.1) is 6.92 Å². The van der Waals surface area contributed by atoms with Crippen molar-refractivity contribution < 1.29 is 9.90 Å². The molecule has 0 radical (unpaired) electrons. The van der Waals surface area contributed by atoms with Gasteiger partial charge in [0.2, 0.25) is 0 Å². The molecule has 0 amide bonds. The van der Waals surface area contributed by atoms with Crippen LogP contribution >= 0.6 is 0 Å². The van der Waals surface area contributed by atoms with Crippen LogP contribution in [0.5, 0.6) is 0 Å². The van der Waals surface area contributed by atoms with E-state index in [9.17, 15) is 4.79 Å². The number of fused-ring (bicyclic) bond motifs is 3. The number of carboxylic acid groups (broad SMARTS) is 1. The molecule has 17 heavy (non-hydrogen) atoms. The summed E-state index contributed by atoms with van der Waals surface area (Å²) in [5, 5.41) is 12.3. The molecule has 0 bridgehead atoms. The van der Waals surface area contributed by atoms with Crippen LogP contribution in [-0.4, -0.2) is 20.6 Å². The summed E-state index contributed by atoms with van der Waals surface area (Å²) >= 11 is 0. The maximum Gasteiger partial charge on any atom is 0.356 e. The number of para-hydroxylation sites is 2. The van der Waals surface area contributed by atoms with Gasteiger partial charge in [-0.05, 0) is 19.1 Å². The minimum Gasteiger partial charge on any atom is -0.476 e. The average molecular weight is 229 g/mol. The molecule has 2 heterocycles. The van der Waals surface area contributed by atoms with Crippen molar-refractivity contribution in [3.05, 3.63) is 41.5 Å². The lowest BCUT2D eigenvalue weighted by molar-refractivity contribution is 0.0689. The Hall–Kier alpha value is -2.30. The largest absolute Gasteiger partial charge is 0.476 e. The topological polar surface area (TPSA) is 67.1 Å². The van der Waals surface area contributed by atoms with Crippen LogP contribution in [-0.2, 0) is 6.54 Å². The molecular formula is C12H11N3O2. The maximum absolute atomic E-state index is 11.1. The first-order valence-corrected chi connectivity index (χ1v) is 5.33. The molecule has 0 aliphatic carbocycles. The van der Waals surface area contributed by atoms with Crippen molar-refractivity contribution in [3.8, 4) is 5.69 Å². The Labute approximate surface area is 97.7 Å². The highest BCUT2D eigenvalue weighted by Crippen LogP contribution is 2.29. The first kappa shape index (κ1) is 9.89. The monoisotopic (exact) mass is 229 g/mol. The fraction of sp³-hybridized carbons (Fsp3) is 0.167. The highest BCUT2D eigenvalue weighted by Gasteiger charge is 2.24. The smallest absolute Gasteiger partial charge is 0.356 e. The molecule has 0 atom stereocenters. The van der Waals surface area contributed by atoms with Gasteiger partial charge in [-0.2, -0.15) is 0 Å². The van der Waals surface area contributed by atoms with E-state index in [0.717, 1.165) is 11.4 Å². The number of nitrogens with one attached hydrogen (secondary N) is 1. The van der Waals surface area contributed by atoms with Gasteiger partial charge >= 0.3 is 5.97 Å². The number of aromatic nitrogens is 2. The van der Waals surface area contributed by atoms with Gasteiger partial charge in [-0.1, -0.05) is 12.1 Å². The van der Waals surface area contributed by atoms with Gasteiger partial charge in [0.1, 0.15) is 5.82 Å². The minimum absolute atomic E-state index is 0.129. The van der Waals surface area contributed by atoms with E-state index in [-0.39, 0.29) is 5.69 Å². The van der Waals surface area contributed by atoms with Crippen molar-refractivity contribution in [1.29, 1.82) is 0 Å². The van der Waals surface area contributed by atoms with Crippen molar-refractivity contribution in [1.82, 2.24) is 9.55 Å². The summed E-state index contributed by atoms with van der Waals surface area (Å²) in [6, 6.07) is 7.79. The Kier molecular flexibility index (Phi) is 1.95. The Morgan fingerprint density at radius 2 is 2.24 bits per heavy atom. The third kappa shape index (κ3) is 1.32. The second kappa shape index (κ2) is 3.35. The Morgan fingerprint density at radius 3 is 3.00 bits per heavy atom. The summed E-state index contributed by atoms with van der Waals surface area (Å²) in [5.74, 6) is -0.283. The zero-order chi connectivity index (χ0) is 12.0. The molecule has 0 fully saturated rings. The summed E-state index contributed by atoms with van der Waals surface area (Å²) < 4.78 is 1.90. The molecule has 1 aromatic heterocycles. The van der Waals surface area contributed by atoms with Crippen LogP contribution in [0.2, 0.25) is 0 Å². The van der Waals surface area contributed by atoms with Crippen LogP contribution in [0.25, 0.3) is 5.69 Å². The zero-order valence-corrected chi connectivity index (χ0v) is 9.27. The molecule has 2 aromatic rings. The molecule has 5 nitrogen and oxygen atoms in total. The molecule has 1 aromatic carbocycles. The summed E-state index contributed by atoms with van der Waals surface area (Å²) in [5.41, 5.74) is 2.78. The number of hydrogen-bond donors (Lipinski definition) is 2. The Morgan fingerprint density at radius 1 is 1.47 bits per heavy atom. The number of nitrogens with zero attached hydrogens (tertiary/aromatic N) is 2. The SMILES string of the molecule is Cc1nc(C(=O)O)c2n1-c1ccccc1NC2. The van der Waals surface area contributed by atoms with E-state index in [1.807, 2.05) is 35.8 Å². The number of carboxylic acids is 1. The summed E-state index contributed by atoms with van der Waals surface area (Å²) in [6.07, 6.45) is 0. The first-order valence-electron chi connectivity index (χ1n) is 5.33. The summed E-state index contributed by atoms with van der Waals surface area (Å²) in [4.78, 5) is 15.2. The molecule has 0 spiro atoms. The minimum atomic E-state index is -0.983. The summed E-state index contributed by atoms with van der Waals surface area (Å²) in [7, 11) is 0. The fourth-order valence-corrected chi connectivity index (χ4v) is 2.23. The molecule has 0 unspecified atom stereocenters. The molecule has 3 rings (SSSR count). The number of benzene rings is 1. The van der Waals surface area contributed by atoms with Crippen molar-refractivity contribution in [3.63, 3.8) is 0 Å². The van der Waals surface area contributed by atoms with Gasteiger partial charge in [0.25, 0.3) is 0 Å². The molecule has 1 aliphatic heterocycles. The standard InChI is InChI=1S/C12H11N3O2/c1-7-14-11(12(16)17)10-6-13-8-4-2-3-5-9(8)15(7)10/h2-5,13H,6H2,1H3,(H,16,17). The number of aromatic carboxylic acids is 1. The van der Waals surface area contributed by atoms with Gasteiger partial charge in [-0.25, -0.2) is 9.78 Å². The van der Waals surface area contributed by atoms with Gasteiger partial charge in [0.15, 0.2) is 5.69 Å². The number of imidazole rings is 1. The number of rotatable bonds is 1. The molecule has 5 heteroatoms. The molecule has 0 saturated carbocycles. The van der Waals surface area contributed by atoms with Gasteiger partial charge in [-0.3, -0.25) is 4.57 Å². The number of carbonyl (C=O) groups is 1. The van der Waals surface area contributed by atoms with E-state index >= 15 is 0 Å². The normalized spacial score (nSPS) is 12.5. The van der Waals surface area contributed by atoms with E-state index in [1.54, 1.807) is 0 Å². The predicted molar refractivity (Wildman–Crippen MR) is 62.6 cm³/mol. The number of anilines is 1. The highest BCUT2D eigenvalue weighted by atomic mass is 16.4. The third-order valence-corrected chi connectivity index (χ3v) is 2.93. The van der Waals surface area contributed by atoms with Gasteiger partial charge in [0.05, 0.1) is 23.6 Å². The van der Waals surface area contributed by atoms with Crippen LogP contribution in [0.1, 0.15) is 22.0 Å². The summed E-state index contributed by atoms with van der Waals surface area (Å²) in [6.45, 7) is 2.30. The fourth-order valence-electron chi connectivity index (χ4n) is 2.23. The average Bonchev–Trinajstić information content (AvgIpc) is 2.67. The molecule has 2 N–H and O–H groups in total. The molecule has 1 aliphatic rings. The van der Waals surface area contributed by atoms with Gasteiger partial charge in [0, 0.05) is 0 Å². The van der Waals surface area contributed by atoms with Crippen LogP contribution in [0.4, 0.5) is 5.69 Å². The van der Waals surface area contributed by atoms with E-state index in [0.29, 0.717) is 18.1 Å². The quantitative estimate of drug-likeness (QED) is 0.782. The van der Waals surface area contributed by atoms with Crippen LogP contribution < -0.4 is 5.32 Å². The predicted octanol–water partition coefficient (Wildman–Crippen LogP) is 1.80. The number of hydrogen-bond acceptors (Lipinski definition) is 3. The molecule has 0 saturated heterocycles. The van der Waals surface area contributed by atoms with Crippen molar-refractivity contribution in [2.24, 2.45) is 0 Å². The lowest BCUT2D eigenvalue weighted by Crippen LogP contribution is -2.17. The van der Waals surface area contributed by atoms with Crippen LogP contribution in [0.15, 0.2) is 24.3 Å². The van der Waals surface area contributed by atoms with Gasteiger partial charge < -0.3 is 10.4 Å². The molecular weight excluding hydrogens is 218 g/mol. The lowest BCUT2D eigenvalue weighted by Gasteiger charge is -2.21.